The predicted octanol–water partition coefficient (Wildman–Crippen LogP) is 6.76. The number of carboxylic acids is 1. The second-order valence-corrected chi connectivity index (χ2v) is 10.9. The maximum Gasteiger partial charge on any atom is 0.326 e. The van der Waals surface area contributed by atoms with E-state index in [0.29, 0.717) is 18.5 Å². The molecule has 0 bridgehead atoms. The molecule has 1 saturated carbocycles. The van der Waals surface area contributed by atoms with E-state index in [9.17, 15) is 19.5 Å². The number of hydrogen-bond donors (Lipinski definition) is 3. The van der Waals surface area contributed by atoms with Crippen molar-refractivity contribution in [2.24, 2.45) is 5.41 Å². The van der Waals surface area contributed by atoms with Crippen LogP contribution in [0.3, 0.4) is 0 Å². The van der Waals surface area contributed by atoms with E-state index in [1.165, 1.54) is 12.4 Å². The Morgan fingerprint density at radius 2 is 1.68 bits per heavy atom. The standard InChI is InChI=1S/C29H33Cl2N3O4/c1-3-8-20-25(29(26(20)35)13-6-5-7-14-29)34-24(28(37)38)19(4-2)17-9-11-18(12-10-17)33-27(36)23-21(30)15-32-16-22(23)31/h9-12,15-16,19,24,34H,3-8,13-14H2,1-2H3,(H,33,36)(H,37,38)/t19?,24-/m0/s1. The Labute approximate surface area is 233 Å². The second kappa shape index (κ2) is 11.9. The summed E-state index contributed by atoms with van der Waals surface area (Å²) in [5.74, 6) is -1.55. The van der Waals surface area contributed by atoms with Gasteiger partial charge in [0, 0.05) is 35.3 Å². The molecule has 2 aliphatic rings. The van der Waals surface area contributed by atoms with Crippen LogP contribution in [0.2, 0.25) is 10.0 Å². The number of carbonyl (C=O) groups excluding carboxylic acids is 2. The molecule has 2 aliphatic carbocycles. The first-order valence-corrected chi connectivity index (χ1v) is 14.0. The molecule has 1 spiro atoms. The Bertz CT molecular complexity index is 1230. The molecule has 202 valence electrons. The van der Waals surface area contributed by atoms with Gasteiger partial charge in [0.25, 0.3) is 5.91 Å². The Balaban J connectivity index is 1.56. The van der Waals surface area contributed by atoms with E-state index in [1.807, 2.05) is 26.0 Å². The number of anilines is 1. The Kier molecular flexibility index (Phi) is 8.78. The fourth-order valence-electron chi connectivity index (χ4n) is 5.88. The number of benzene rings is 1. The van der Waals surface area contributed by atoms with E-state index in [4.69, 9.17) is 23.2 Å². The summed E-state index contributed by atoms with van der Waals surface area (Å²) in [7, 11) is 0. The average Bonchev–Trinajstić information content (AvgIpc) is 2.91. The quantitative estimate of drug-likeness (QED) is 0.297. The van der Waals surface area contributed by atoms with Crippen LogP contribution in [0.4, 0.5) is 5.69 Å². The minimum atomic E-state index is -0.954. The number of hydrogen-bond acceptors (Lipinski definition) is 5. The van der Waals surface area contributed by atoms with Crippen LogP contribution in [0.1, 0.15) is 87.1 Å². The number of allylic oxidation sites excluding steroid dienone is 2. The number of amides is 1. The summed E-state index contributed by atoms with van der Waals surface area (Å²) < 4.78 is 0. The molecule has 3 N–H and O–H groups in total. The zero-order valence-corrected chi connectivity index (χ0v) is 23.2. The zero-order chi connectivity index (χ0) is 27.4. The Hall–Kier alpha value is -2.90. The predicted molar refractivity (Wildman–Crippen MR) is 149 cm³/mol. The van der Waals surface area contributed by atoms with Crippen molar-refractivity contribution in [2.75, 3.05) is 5.32 Å². The first kappa shape index (κ1) is 28.1. The highest BCUT2D eigenvalue weighted by Gasteiger charge is 2.54. The summed E-state index contributed by atoms with van der Waals surface area (Å²) in [6.07, 6.45) is 9.41. The molecule has 2 atom stereocenters. The SMILES string of the molecule is CCCC1=C(N[C@H](C(=O)O)C(CC)c2ccc(NC(=O)c3c(Cl)cncc3Cl)cc2)C2(CCCCC2)C1=O. The highest BCUT2D eigenvalue weighted by Crippen LogP contribution is 2.53. The molecule has 7 nitrogen and oxygen atoms in total. The number of aliphatic carboxylic acids is 1. The van der Waals surface area contributed by atoms with E-state index in [2.05, 4.69) is 15.6 Å². The molecule has 38 heavy (non-hydrogen) atoms. The van der Waals surface area contributed by atoms with Crippen LogP contribution in [0, 0.1) is 5.41 Å². The molecule has 1 aromatic heterocycles. The van der Waals surface area contributed by atoms with Gasteiger partial charge in [-0.15, -0.1) is 0 Å². The van der Waals surface area contributed by atoms with Gasteiger partial charge in [0.1, 0.15) is 6.04 Å². The van der Waals surface area contributed by atoms with Gasteiger partial charge in [0.2, 0.25) is 0 Å². The van der Waals surface area contributed by atoms with Crippen LogP contribution >= 0.6 is 23.2 Å². The molecule has 0 radical (unpaired) electrons. The van der Waals surface area contributed by atoms with Gasteiger partial charge in [-0.2, -0.15) is 0 Å². The van der Waals surface area contributed by atoms with Gasteiger partial charge in [-0.3, -0.25) is 14.6 Å². The van der Waals surface area contributed by atoms with Crippen molar-refractivity contribution in [1.82, 2.24) is 10.3 Å². The molecular weight excluding hydrogens is 525 g/mol. The van der Waals surface area contributed by atoms with Crippen LogP contribution in [0.15, 0.2) is 47.9 Å². The maximum absolute atomic E-state index is 13.2. The number of halogens is 2. The van der Waals surface area contributed by atoms with Crippen LogP contribution in [0.5, 0.6) is 0 Å². The molecule has 1 amide bonds. The third kappa shape index (κ3) is 5.32. The highest BCUT2D eigenvalue weighted by molar-refractivity contribution is 6.40. The van der Waals surface area contributed by atoms with Crippen LogP contribution in [0.25, 0.3) is 0 Å². The fraction of sp³-hybridized carbons (Fsp3) is 0.448. The van der Waals surface area contributed by atoms with Gasteiger partial charge in [0.15, 0.2) is 5.78 Å². The van der Waals surface area contributed by atoms with Crippen molar-refractivity contribution in [2.45, 2.75) is 77.2 Å². The summed E-state index contributed by atoms with van der Waals surface area (Å²) in [6, 6.07) is 6.22. The first-order valence-electron chi connectivity index (χ1n) is 13.2. The summed E-state index contributed by atoms with van der Waals surface area (Å²) in [4.78, 5) is 42.3. The van der Waals surface area contributed by atoms with E-state index >= 15 is 0 Å². The first-order chi connectivity index (χ1) is 18.2. The second-order valence-electron chi connectivity index (χ2n) is 10.1. The molecule has 2 aromatic rings. The van der Waals surface area contributed by atoms with E-state index < -0.39 is 23.3 Å². The molecule has 1 unspecified atom stereocenters. The number of nitrogens with one attached hydrogen (secondary N) is 2. The van der Waals surface area contributed by atoms with Crippen LogP contribution in [-0.4, -0.2) is 33.8 Å². The molecule has 0 saturated heterocycles. The molecule has 1 aromatic carbocycles. The normalized spacial score (nSPS) is 18.1. The van der Waals surface area contributed by atoms with Crippen molar-refractivity contribution < 1.29 is 19.5 Å². The van der Waals surface area contributed by atoms with Gasteiger partial charge in [-0.25, -0.2) is 4.79 Å². The van der Waals surface area contributed by atoms with Gasteiger partial charge >= 0.3 is 5.97 Å². The van der Waals surface area contributed by atoms with Crippen molar-refractivity contribution in [3.63, 3.8) is 0 Å². The lowest BCUT2D eigenvalue weighted by molar-refractivity contribution is -0.141. The average molecular weight is 559 g/mol. The number of nitrogens with zero attached hydrogens (tertiary/aromatic N) is 1. The third-order valence-corrected chi connectivity index (χ3v) is 8.35. The molecule has 4 rings (SSSR count). The van der Waals surface area contributed by atoms with Gasteiger partial charge in [-0.1, -0.05) is 74.9 Å². The number of pyridine rings is 1. The number of ketones is 1. The van der Waals surface area contributed by atoms with Crippen LogP contribution in [-0.2, 0) is 9.59 Å². The van der Waals surface area contributed by atoms with E-state index in [0.717, 1.165) is 55.4 Å². The monoisotopic (exact) mass is 557 g/mol. The van der Waals surface area contributed by atoms with Crippen molar-refractivity contribution >= 4 is 46.5 Å². The number of carboxylic acid groups (broad SMARTS) is 1. The van der Waals surface area contributed by atoms with Crippen molar-refractivity contribution in [1.29, 1.82) is 0 Å². The molecule has 1 heterocycles. The van der Waals surface area contributed by atoms with E-state index in [1.54, 1.807) is 12.1 Å². The molecule has 0 aliphatic heterocycles. The molecular formula is C29H33Cl2N3O4. The lowest BCUT2D eigenvalue weighted by atomic mass is 9.58. The molecule has 9 heteroatoms. The van der Waals surface area contributed by atoms with Crippen molar-refractivity contribution in [3.05, 3.63) is 69.1 Å². The summed E-state index contributed by atoms with van der Waals surface area (Å²) in [5, 5.41) is 16.7. The summed E-state index contributed by atoms with van der Waals surface area (Å²) >= 11 is 12.2. The van der Waals surface area contributed by atoms with Gasteiger partial charge in [0.05, 0.1) is 21.0 Å². The number of aromatic nitrogens is 1. The summed E-state index contributed by atoms with van der Waals surface area (Å²) in [5.41, 5.74) is 2.56. The molecule has 1 fully saturated rings. The topological polar surface area (TPSA) is 108 Å². The van der Waals surface area contributed by atoms with Gasteiger partial charge < -0.3 is 15.7 Å². The largest absolute Gasteiger partial charge is 0.480 e. The lowest BCUT2D eigenvalue weighted by Crippen LogP contribution is -2.55. The number of Topliss-reactive ketones (excluding diaryl/α,β-unsaturated/α-hetero) is 1. The van der Waals surface area contributed by atoms with Gasteiger partial charge in [-0.05, 0) is 43.4 Å². The lowest BCUT2D eigenvalue weighted by Gasteiger charge is -2.48. The minimum Gasteiger partial charge on any atom is -0.480 e. The van der Waals surface area contributed by atoms with E-state index in [-0.39, 0.29) is 27.3 Å². The maximum atomic E-state index is 13.2. The minimum absolute atomic E-state index is 0.136. The number of rotatable bonds is 10. The van der Waals surface area contributed by atoms with Crippen LogP contribution < -0.4 is 10.6 Å². The third-order valence-electron chi connectivity index (χ3n) is 7.78. The summed E-state index contributed by atoms with van der Waals surface area (Å²) in [6.45, 7) is 3.99. The number of carbonyl (C=O) groups is 3. The smallest absolute Gasteiger partial charge is 0.326 e. The zero-order valence-electron chi connectivity index (χ0n) is 21.7. The Morgan fingerprint density at radius 3 is 2.24 bits per heavy atom. The fourth-order valence-corrected chi connectivity index (χ4v) is 6.41. The highest BCUT2D eigenvalue weighted by atomic mass is 35.5. The Morgan fingerprint density at radius 1 is 1.05 bits per heavy atom. The van der Waals surface area contributed by atoms with Crippen molar-refractivity contribution in [3.8, 4) is 0 Å².